The number of nitrogens with two attached hydrogens (primary N) is 2. The quantitative estimate of drug-likeness (QED) is 0.312. The number of hydrogen-bond acceptors (Lipinski definition) is 6. The summed E-state index contributed by atoms with van der Waals surface area (Å²) in [5.74, 6) is 5.09. The molecule has 0 spiro atoms. The van der Waals surface area contributed by atoms with Crippen LogP contribution in [0.25, 0.3) is 0 Å². The molecule has 102 valence electrons. The van der Waals surface area contributed by atoms with Crippen molar-refractivity contribution in [2.45, 2.75) is 44.1 Å². The Labute approximate surface area is 111 Å². The topological polar surface area (TPSA) is 112 Å². The molecule has 0 radical (unpaired) electrons. The van der Waals surface area contributed by atoms with Crippen molar-refractivity contribution in [2.75, 3.05) is 5.73 Å². The van der Waals surface area contributed by atoms with E-state index in [0.717, 1.165) is 0 Å². The van der Waals surface area contributed by atoms with Gasteiger partial charge < -0.3 is 5.73 Å². The van der Waals surface area contributed by atoms with E-state index in [4.69, 9.17) is 11.6 Å². The van der Waals surface area contributed by atoms with E-state index < -0.39 is 0 Å². The normalized spacial score (nSPS) is 14.6. The molecule has 2 atom stereocenters. The molecule has 1 aromatic rings. The molecule has 7 nitrogen and oxygen atoms in total. The van der Waals surface area contributed by atoms with E-state index >= 15 is 0 Å². The first-order valence-electron chi connectivity index (χ1n) is 5.76. The van der Waals surface area contributed by atoms with Gasteiger partial charge in [0.05, 0.1) is 0 Å². The monoisotopic (exact) mass is 272 g/mol. The molecule has 1 heterocycles. The lowest BCUT2D eigenvalue weighted by molar-refractivity contribution is -0.124. The fourth-order valence-electron chi connectivity index (χ4n) is 1.47. The third-order valence-electron chi connectivity index (χ3n) is 2.76. The van der Waals surface area contributed by atoms with Gasteiger partial charge in [0, 0.05) is 17.2 Å². The highest BCUT2D eigenvalue weighted by atomic mass is 32.2. The molecule has 0 saturated carbocycles. The number of thioether (sulfide) groups is 1. The van der Waals surface area contributed by atoms with Crippen molar-refractivity contribution >= 4 is 23.6 Å². The summed E-state index contributed by atoms with van der Waals surface area (Å²) in [6, 6.07) is 0.174. The Hall–Kier alpha value is -1.28. The molecule has 0 fully saturated rings. The Bertz CT molecular complexity index is 419. The third-order valence-corrected chi connectivity index (χ3v) is 4.03. The number of carbonyl (C=O) groups is 1. The first kappa shape index (κ1) is 14.8. The number of amides is 1. The van der Waals surface area contributed by atoms with Gasteiger partial charge in [-0.2, -0.15) is 0 Å². The molecule has 0 aromatic carbocycles. The predicted molar refractivity (Wildman–Crippen MR) is 71.6 cm³/mol. The molecule has 0 aliphatic heterocycles. The van der Waals surface area contributed by atoms with Crippen LogP contribution in [0.1, 0.15) is 33.7 Å². The maximum Gasteiger partial charge on any atom is 0.237 e. The van der Waals surface area contributed by atoms with Crippen LogP contribution in [-0.2, 0) is 4.79 Å². The summed E-state index contributed by atoms with van der Waals surface area (Å²) in [4.78, 5) is 11.5. The van der Waals surface area contributed by atoms with Crippen molar-refractivity contribution in [3.05, 3.63) is 0 Å². The van der Waals surface area contributed by atoms with Crippen LogP contribution in [0.5, 0.6) is 0 Å². The van der Waals surface area contributed by atoms with Gasteiger partial charge >= 0.3 is 0 Å². The van der Waals surface area contributed by atoms with Gasteiger partial charge in [0.25, 0.3) is 0 Å². The smallest absolute Gasteiger partial charge is 0.237 e. The maximum atomic E-state index is 11.5. The van der Waals surface area contributed by atoms with E-state index in [1.165, 1.54) is 11.8 Å². The number of nitrogens with one attached hydrogen (secondary N) is 1. The molecule has 0 saturated heterocycles. The number of hydrazine groups is 1. The summed E-state index contributed by atoms with van der Waals surface area (Å²) in [6.07, 6.45) is 0. The number of nitrogen functional groups attached to an aromatic ring is 1. The highest BCUT2D eigenvalue weighted by Crippen LogP contribution is 2.29. The fourth-order valence-corrected chi connectivity index (χ4v) is 2.63. The summed E-state index contributed by atoms with van der Waals surface area (Å²) >= 11 is 1.46. The van der Waals surface area contributed by atoms with E-state index in [2.05, 4.69) is 15.6 Å². The molecule has 0 aliphatic carbocycles. The number of carbonyl (C=O) groups excluding carboxylic acids is 1. The van der Waals surface area contributed by atoms with Crippen LogP contribution < -0.4 is 17.0 Å². The first-order valence-corrected chi connectivity index (χ1v) is 6.63. The second-order valence-corrected chi connectivity index (χ2v) is 5.77. The molecular weight excluding hydrogens is 252 g/mol. The molecule has 1 rings (SSSR count). The highest BCUT2D eigenvalue weighted by molar-refractivity contribution is 7.99. The molecule has 18 heavy (non-hydrogen) atoms. The van der Waals surface area contributed by atoms with Crippen LogP contribution in [0.2, 0.25) is 0 Å². The van der Waals surface area contributed by atoms with Crippen molar-refractivity contribution in [3.63, 3.8) is 0 Å². The van der Waals surface area contributed by atoms with Crippen molar-refractivity contribution < 1.29 is 4.79 Å². The van der Waals surface area contributed by atoms with Gasteiger partial charge in [0.2, 0.25) is 11.9 Å². The molecule has 2 unspecified atom stereocenters. The average molecular weight is 272 g/mol. The van der Waals surface area contributed by atoms with Gasteiger partial charge in [-0.05, 0) is 13.8 Å². The van der Waals surface area contributed by atoms with Crippen molar-refractivity contribution in [2.24, 2.45) is 11.8 Å². The van der Waals surface area contributed by atoms with Crippen LogP contribution in [0, 0.1) is 5.92 Å². The zero-order valence-electron chi connectivity index (χ0n) is 11.0. The lowest BCUT2D eigenvalue weighted by atomic mass is 10.1. The van der Waals surface area contributed by atoms with Crippen molar-refractivity contribution in [1.29, 1.82) is 0 Å². The van der Waals surface area contributed by atoms with Gasteiger partial charge in [-0.3, -0.25) is 14.8 Å². The maximum absolute atomic E-state index is 11.5. The summed E-state index contributed by atoms with van der Waals surface area (Å²) in [5.41, 5.74) is 7.91. The number of anilines is 1. The highest BCUT2D eigenvalue weighted by Gasteiger charge is 2.23. The second-order valence-electron chi connectivity index (χ2n) is 4.42. The molecule has 8 heteroatoms. The average Bonchev–Trinajstić information content (AvgIpc) is 2.68. The van der Waals surface area contributed by atoms with Crippen LogP contribution in [0.4, 0.5) is 5.95 Å². The minimum absolute atomic E-state index is 0.0228. The van der Waals surface area contributed by atoms with Crippen molar-refractivity contribution in [3.8, 4) is 0 Å². The van der Waals surface area contributed by atoms with Gasteiger partial charge in [0.1, 0.15) is 0 Å². The minimum atomic E-state index is -0.224. The molecule has 1 amide bonds. The van der Waals surface area contributed by atoms with Gasteiger partial charge in [-0.25, -0.2) is 5.84 Å². The van der Waals surface area contributed by atoms with E-state index in [-0.39, 0.29) is 23.1 Å². The molecule has 0 bridgehead atoms. The Morgan fingerprint density at radius 3 is 2.44 bits per heavy atom. The number of nitrogens with zero attached hydrogens (tertiary/aromatic N) is 3. The zero-order chi connectivity index (χ0) is 13.9. The number of hydrogen-bond donors (Lipinski definition) is 3. The summed E-state index contributed by atoms with van der Waals surface area (Å²) in [5, 5.41) is 8.63. The molecule has 1 aromatic heterocycles. The van der Waals surface area contributed by atoms with Crippen LogP contribution in [0.15, 0.2) is 5.16 Å². The van der Waals surface area contributed by atoms with E-state index in [1.54, 1.807) is 0 Å². The summed E-state index contributed by atoms with van der Waals surface area (Å²) in [6.45, 7) is 7.77. The molecule has 0 aliphatic rings. The van der Waals surface area contributed by atoms with Crippen molar-refractivity contribution in [1.82, 2.24) is 20.2 Å². The van der Waals surface area contributed by atoms with Crippen LogP contribution in [-0.4, -0.2) is 25.9 Å². The van der Waals surface area contributed by atoms with E-state index in [0.29, 0.717) is 11.1 Å². The summed E-state index contributed by atoms with van der Waals surface area (Å²) < 4.78 is 1.84. The second kappa shape index (κ2) is 6.05. The Balaban J connectivity index is 2.82. The standard InChI is InChI=1S/C10H20N6OS/c1-5(2)16-9(11)14-15-10(16)18-7(4)6(3)8(17)13-12/h5-7H,12H2,1-4H3,(H2,11,14)(H,13,17). The molecule has 5 N–H and O–H groups in total. The van der Waals surface area contributed by atoms with Gasteiger partial charge in [0.15, 0.2) is 5.16 Å². The van der Waals surface area contributed by atoms with Gasteiger partial charge in [-0.15, -0.1) is 10.2 Å². The van der Waals surface area contributed by atoms with E-state index in [1.807, 2.05) is 32.3 Å². The Kier molecular flexibility index (Phi) is 4.97. The van der Waals surface area contributed by atoms with Gasteiger partial charge in [-0.1, -0.05) is 25.6 Å². The largest absolute Gasteiger partial charge is 0.368 e. The fraction of sp³-hybridized carbons (Fsp3) is 0.700. The number of rotatable bonds is 5. The minimum Gasteiger partial charge on any atom is -0.368 e. The number of aromatic nitrogens is 3. The Morgan fingerprint density at radius 2 is 1.94 bits per heavy atom. The summed E-state index contributed by atoms with van der Waals surface area (Å²) in [7, 11) is 0. The SMILES string of the molecule is CC(Sc1nnc(N)n1C(C)C)C(C)C(=O)NN. The zero-order valence-corrected chi connectivity index (χ0v) is 11.9. The first-order chi connectivity index (χ1) is 8.38. The van der Waals surface area contributed by atoms with Crippen LogP contribution >= 0.6 is 11.8 Å². The third kappa shape index (κ3) is 3.14. The lowest BCUT2D eigenvalue weighted by Crippen LogP contribution is -2.38. The predicted octanol–water partition coefficient (Wildman–Crippen LogP) is 0.548. The lowest BCUT2D eigenvalue weighted by Gasteiger charge is -2.18. The Morgan fingerprint density at radius 1 is 1.33 bits per heavy atom. The molecular formula is C10H20N6OS. The van der Waals surface area contributed by atoms with Crippen LogP contribution in [0.3, 0.4) is 0 Å². The van der Waals surface area contributed by atoms with E-state index in [9.17, 15) is 4.79 Å².